The number of rotatable bonds is 5. The Labute approximate surface area is 151 Å². The molecule has 1 aliphatic heterocycles. The van der Waals surface area contributed by atoms with Crippen LogP contribution in [0.3, 0.4) is 0 Å². The first-order valence-corrected chi connectivity index (χ1v) is 10.0. The molecule has 1 N–H and O–H groups in total. The Morgan fingerprint density at radius 2 is 2.24 bits per heavy atom. The van der Waals surface area contributed by atoms with Gasteiger partial charge in [-0.3, -0.25) is 9.30 Å². The van der Waals surface area contributed by atoms with E-state index in [9.17, 15) is 0 Å². The standard InChI is InChI=1S/C19H23N5S/c1-5-21-18-22-16(12-23(18)8-1)13-24(11-15-2-9-25-14-15)17-10-19(17)3-6-20-7-4-19/h1-2,5,8-9,12,14,17,20H,3-4,6-7,10-11,13H2. The summed E-state index contributed by atoms with van der Waals surface area (Å²) in [5, 5.41) is 7.96. The molecule has 6 heteroatoms. The lowest BCUT2D eigenvalue weighted by atomic mass is 9.93. The number of fused-ring (bicyclic) bond motifs is 1. The van der Waals surface area contributed by atoms with Crippen molar-refractivity contribution < 1.29 is 0 Å². The van der Waals surface area contributed by atoms with Crippen LogP contribution in [0, 0.1) is 5.41 Å². The van der Waals surface area contributed by atoms with Crippen molar-refractivity contribution in [3.63, 3.8) is 0 Å². The number of hydrogen-bond donors (Lipinski definition) is 1. The van der Waals surface area contributed by atoms with Crippen molar-refractivity contribution >= 4 is 17.1 Å². The van der Waals surface area contributed by atoms with Gasteiger partial charge in [0.1, 0.15) is 0 Å². The first-order valence-electron chi connectivity index (χ1n) is 9.07. The zero-order valence-electron chi connectivity index (χ0n) is 14.3. The Kier molecular flexibility index (Phi) is 3.84. The van der Waals surface area contributed by atoms with E-state index in [-0.39, 0.29) is 0 Å². The SMILES string of the molecule is c1cnc2nc(CN(Cc3ccsc3)C3CC34CCNCC4)cn2c1. The first-order chi connectivity index (χ1) is 12.3. The highest BCUT2D eigenvalue weighted by atomic mass is 32.1. The topological polar surface area (TPSA) is 45.5 Å². The summed E-state index contributed by atoms with van der Waals surface area (Å²) in [6, 6.07) is 4.89. The molecule has 5 rings (SSSR count). The van der Waals surface area contributed by atoms with Gasteiger partial charge < -0.3 is 5.32 Å². The average Bonchev–Trinajstić information content (AvgIpc) is 3.02. The van der Waals surface area contributed by atoms with Crippen LogP contribution in [0.2, 0.25) is 0 Å². The summed E-state index contributed by atoms with van der Waals surface area (Å²) in [6.07, 6.45) is 9.91. The van der Waals surface area contributed by atoms with E-state index in [4.69, 9.17) is 4.98 Å². The fourth-order valence-electron chi connectivity index (χ4n) is 4.36. The molecule has 1 unspecified atom stereocenters. The van der Waals surface area contributed by atoms with E-state index in [1.54, 1.807) is 17.5 Å². The highest BCUT2D eigenvalue weighted by Crippen LogP contribution is 2.56. The third-order valence-electron chi connectivity index (χ3n) is 5.80. The summed E-state index contributed by atoms with van der Waals surface area (Å²) in [7, 11) is 0. The monoisotopic (exact) mass is 353 g/mol. The molecule has 2 aliphatic rings. The molecule has 1 spiro atoms. The third kappa shape index (κ3) is 2.99. The summed E-state index contributed by atoms with van der Waals surface area (Å²) >= 11 is 1.78. The normalized spacial score (nSPS) is 22.0. The van der Waals surface area contributed by atoms with Gasteiger partial charge in [0, 0.05) is 37.7 Å². The van der Waals surface area contributed by atoms with Crippen LogP contribution >= 0.6 is 11.3 Å². The summed E-state index contributed by atoms with van der Waals surface area (Å²) < 4.78 is 2.02. The van der Waals surface area contributed by atoms with Gasteiger partial charge in [-0.25, -0.2) is 9.97 Å². The number of imidazole rings is 1. The van der Waals surface area contributed by atoms with Crippen LogP contribution in [-0.2, 0) is 13.1 Å². The van der Waals surface area contributed by atoms with E-state index < -0.39 is 0 Å². The van der Waals surface area contributed by atoms with Crippen molar-refractivity contribution in [3.8, 4) is 0 Å². The molecule has 0 bridgehead atoms. The number of aromatic nitrogens is 3. The molecule has 4 heterocycles. The molecular formula is C19H23N5S. The number of nitrogens with one attached hydrogen (secondary N) is 1. The second kappa shape index (κ2) is 6.20. The van der Waals surface area contributed by atoms with Crippen molar-refractivity contribution in [1.82, 2.24) is 24.6 Å². The third-order valence-corrected chi connectivity index (χ3v) is 6.54. The maximum Gasteiger partial charge on any atom is 0.233 e. The fraction of sp³-hybridized carbons (Fsp3) is 0.474. The molecule has 0 aromatic carbocycles. The Morgan fingerprint density at radius 1 is 1.32 bits per heavy atom. The van der Waals surface area contributed by atoms with E-state index in [0.717, 1.165) is 24.6 Å². The van der Waals surface area contributed by atoms with Crippen LogP contribution in [0.1, 0.15) is 30.5 Å². The molecule has 1 saturated carbocycles. The number of hydrogen-bond acceptors (Lipinski definition) is 5. The van der Waals surface area contributed by atoms with Crippen LogP contribution < -0.4 is 5.32 Å². The Morgan fingerprint density at radius 3 is 3.04 bits per heavy atom. The largest absolute Gasteiger partial charge is 0.317 e. The quantitative estimate of drug-likeness (QED) is 0.766. The predicted molar refractivity (Wildman–Crippen MR) is 99.5 cm³/mol. The zero-order valence-corrected chi connectivity index (χ0v) is 15.1. The van der Waals surface area contributed by atoms with Gasteiger partial charge in [-0.1, -0.05) is 0 Å². The van der Waals surface area contributed by atoms with Gasteiger partial charge >= 0.3 is 0 Å². The van der Waals surface area contributed by atoms with Crippen LogP contribution in [-0.4, -0.2) is 38.4 Å². The van der Waals surface area contributed by atoms with E-state index in [1.807, 2.05) is 16.7 Å². The molecule has 1 atom stereocenters. The summed E-state index contributed by atoms with van der Waals surface area (Å²) in [6.45, 7) is 4.26. The maximum absolute atomic E-state index is 4.73. The van der Waals surface area contributed by atoms with E-state index in [0.29, 0.717) is 11.5 Å². The van der Waals surface area contributed by atoms with Crippen LogP contribution in [0.5, 0.6) is 0 Å². The van der Waals surface area contributed by atoms with Gasteiger partial charge in [0.2, 0.25) is 5.78 Å². The van der Waals surface area contributed by atoms with Gasteiger partial charge in [-0.2, -0.15) is 11.3 Å². The van der Waals surface area contributed by atoms with Gasteiger partial charge in [0.05, 0.1) is 5.69 Å². The molecule has 130 valence electrons. The molecule has 25 heavy (non-hydrogen) atoms. The van der Waals surface area contributed by atoms with Crippen LogP contribution in [0.25, 0.3) is 5.78 Å². The minimum atomic E-state index is 0.540. The smallest absolute Gasteiger partial charge is 0.233 e. The van der Waals surface area contributed by atoms with Gasteiger partial charge in [-0.05, 0) is 66.2 Å². The minimum absolute atomic E-state index is 0.540. The van der Waals surface area contributed by atoms with E-state index in [2.05, 4.69) is 38.2 Å². The van der Waals surface area contributed by atoms with Crippen molar-refractivity contribution in [2.45, 2.75) is 38.4 Å². The van der Waals surface area contributed by atoms with Gasteiger partial charge in [-0.15, -0.1) is 0 Å². The highest BCUT2D eigenvalue weighted by Gasteiger charge is 2.56. The molecule has 3 aromatic heterocycles. The van der Waals surface area contributed by atoms with E-state index in [1.165, 1.54) is 37.9 Å². The van der Waals surface area contributed by atoms with Crippen molar-refractivity contribution in [2.75, 3.05) is 13.1 Å². The Hall–Kier alpha value is -1.76. The molecule has 0 amide bonds. The fourth-order valence-corrected chi connectivity index (χ4v) is 5.02. The van der Waals surface area contributed by atoms with Crippen LogP contribution in [0.4, 0.5) is 0 Å². The van der Waals surface area contributed by atoms with Crippen LogP contribution in [0.15, 0.2) is 41.5 Å². The molecule has 1 aliphatic carbocycles. The Balaban J connectivity index is 1.39. The van der Waals surface area contributed by atoms with Gasteiger partial charge in [0.25, 0.3) is 0 Å². The number of nitrogens with zero attached hydrogens (tertiary/aromatic N) is 4. The van der Waals surface area contributed by atoms with E-state index >= 15 is 0 Å². The Bertz CT molecular complexity index is 817. The summed E-state index contributed by atoms with van der Waals surface area (Å²) in [5.74, 6) is 0.792. The van der Waals surface area contributed by atoms with Crippen molar-refractivity contribution in [3.05, 3.63) is 52.7 Å². The highest BCUT2D eigenvalue weighted by molar-refractivity contribution is 7.07. The molecular weight excluding hydrogens is 330 g/mol. The maximum atomic E-state index is 4.73. The predicted octanol–water partition coefficient (Wildman–Crippen LogP) is 2.94. The lowest BCUT2D eigenvalue weighted by Crippen LogP contribution is -2.35. The molecule has 2 fully saturated rings. The molecule has 1 saturated heterocycles. The number of thiophene rings is 1. The minimum Gasteiger partial charge on any atom is -0.317 e. The second-order valence-electron chi connectivity index (χ2n) is 7.43. The summed E-state index contributed by atoms with van der Waals surface area (Å²) in [5.41, 5.74) is 3.08. The molecule has 3 aromatic rings. The summed E-state index contributed by atoms with van der Waals surface area (Å²) in [4.78, 5) is 11.7. The van der Waals surface area contributed by atoms with Gasteiger partial charge in [0.15, 0.2) is 0 Å². The second-order valence-corrected chi connectivity index (χ2v) is 8.21. The molecule has 5 nitrogen and oxygen atoms in total. The first kappa shape index (κ1) is 15.5. The zero-order chi connectivity index (χ0) is 16.7. The number of piperidine rings is 1. The lowest BCUT2D eigenvalue weighted by Gasteiger charge is -2.29. The average molecular weight is 353 g/mol. The van der Waals surface area contributed by atoms with Crippen molar-refractivity contribution in [1.29, 1.82) is 0 Å². The lowest BCUT2D eigenvalue weighted by molar-refractivity contribution is 0.186. The molecule has 0 radical (unpaired) electrons. The van der Waals surface area contributed by atoms with Crippen molar-refractivity contribution in [2.24, 2.45) is 5.41 Å².